The third kappa shape index (κ3) is 12.8. The maximum atomic E-state index is 12.1. The third-order valence-electron chi connectivity index (χ3n) is 7.80. The van der Waals surface area contributed by atoms with Gasteiger partial charge in [0.15, 0.2) is 0 Å². The van der Waals surface area contributed by atoms with Crippen LogP contribution in [-0.4, -0.2) is 108 Å². The third-order valence-corrected chi connectivity index (χ3v) is 8.66. The van der Waals surface area contributed by atoms with Crippen molar-refractivity contribution in [2.45, 2.75) is 79.7 Å². The fraction of sp³-hybridized carbons (Fsp3) is 0.583. The quantitative estimate of drug-likeness (QED) is 0.251. The maximum Gasteiger partial charge on any atom is 0.410 e. The number of methoxy groups -OCH3 is 1. The van der Waals surface area contributed by atoms with Crippen LogP contribution in [0.5, 0.6) is 0 Å². The van der Waals surface area contributed by atoms with E-state index in [1.165, 1.54) is 18.2 Å². The average molecular weight is 718 g/mol. The van der Waals surface area contributed by atoms with Gasteiger partial charge in [-0.3, -0.25) is 9.80 Å². The molecule has 2 aliphatic heterocycles. The number of nitrogens with zero attached hydrogens (tertiary/aromatic N) is 4. The molecule has 10 nitrogen and oxygen atoms in total. The number of carbonyl (C=O) groups is 3. The van der Waals surface area contributed by atoms with Gasteiger partial charge in [0, 0.05) is 69.9 Å². The Labute approximate surface area is 289 Å². The molecule has 2 amide bonds. The second-order valence-electron chi connectivity index (χ2n) is 14.2. The van der Waals surface area contributed by atoms with Crippen molar-refractivity contribution in [2.24, 2.45) is 0 Å². The molecule has 11 heteroatoms. The Balaban J connectivity index is 0.000000257. The number of rotatable bonds is 5. The predicted molar refractivity (Wildman–Crippen MR) is 188 cm³/mol. The van der Waals surface area contributed by atoms with Crippen LogP contribution < -0.4 is 0 Å². The van der Waals surface area contributed by atoms with Crippen molar-refractivity contribution in [3.8, 4) is 0 Å². The monoisotopic (exact) mass is 716 g/mol. The first-order chi connectivity index (χ1) is 21.9. The van der Waals surface area contributed by atoms with E-state index in [0.29, 0.717) is 18.7 Å². The minimum atomic E-state index is -0.472. The largest absolute Gasteiger partial charge is 0.465 e. The molecule has 2 heterocycles. The van der Waals surface area contributed by atoms with Crippen molar-refractivity contribution in [1.82, 2.24) is 19.6 Å². The maximum absolute atomic E-state index is 12.1. The molecule has 47 heavy (non-hydrogen) atoms. The van der Waals surface area contributed by atoms with E-state index in [-0.39, 0.29) is 18.2 Å². The predicted octanol–water partition coefficient (Wildman–Crippen LogP) is 6.64. The van der Waals surface area contributed by atoms with Crippen LogP contribution in [0.1, 0.15) is 74.2 Å². The summed E-state index contributed by atoms with van der Waals surface area (Å²) >= 11 is 3.58. The van der Waals surface area contributed by atoms with Crippen LogP contribution in [0, 0.1) is 13.8 Å². The van der Waals surface area contributed by atoms with Gasteiger partial charge in [-0.2, -0.15) is 0 Å². The molecule has 0 aliphatic carbocycles. The molecule has 0 radical (unpaired) electrons. The van der Waals surface area contributed by atoms with Crippen LogP contribution >= 0.6 is 15.9 Å². The van der Waals surface area contributed by atoms with Gasteiger partial charge >= 0.3 is 18.2 Å². The van der Waals surface area contributed by atoms with Crippen LogP contribution in [0.4, 0.5) is 9.59 Å². The van der Waals surface area contributed by atoms with Crippen LogP contribution in [0.25, 0.3) is 0 Å². The highest BCUT2D eigenvalue weighted by Crippen LogP contribution is 2.20. The molecule has 2 saturated heterocycles. The van der Waals surface area contributed by atoms with Gasteiger partial charge in [-0.05, 0) is 89.8 Å². The SMILES string of the molecule is COC(=O)c1cc(CN2CCN(C(=O)OC(C)(C)C)CC2)ccc1C.Cc1ccc(CN2CCN(C(=O)OC(C)(C)C)CC2)cc1Br. The lowest BCUT2D eigenvalue weighted by molar-refractivity contribution is 0.0129. The van der Waals surface area contributed by atoms with Crippen molar-refractivity contribution in [1.29, 1.82) is 0 Å². The molecule has 2 aromatic rings. The Morgan fingerprint density at radius 2 is 1.06 bits per heavy atom. The summed E-state index contributed by atoms with van der Waals surface area (Å²) in [5.41, 5.74) is 4.22. The van der Waals surface area contributed by atoms with E-state index in [1.807, 2.05) is 66.7 Å². The number of ether oxygens (including phenoxy) is 3. The van der Waals surface area contributed by atoms with Crippen molar-refractivity contribution in [3.05, 3.63) is 68.7 Å². The van der Waals surface area contributed by atoms with Gasteiger partial charge in [-0.1, -0.05) is 40.2 Å². The zero-order chi connectivity index (χ0) is 34.9. The van der Waals surface area contributed by atoms with Crippen LogP contribution in [0.3, 0.4) is 0 Å². The summed E-state index contributed by atoms with van der Waals surface area (Å²) < 4.78 is 16.8. The van der Waals surface area contributed by atoms with Gasteiger partial charge in [-0.15, -0.1) is 0 Å². The average Bonchev–Trinajstić information content (AvgIpc) is 2.99. The first-order valence-electron chi connectivity index (χ1n) is 16.3. The van der Waals surface area contributed by atoms with E-state index in [2.05, 4.69) is 50.9 Å². The molecule has 0 spiro atoms. The summed E-state index contributed by atoms with van der Waals surface area (Å²) in [6, 6.07) is 12.3. The van der Waals surface area contributed by atoms with E-state index in [9.17, 15) is 14.4 Å². The molecule has 2 aromatic carbocycles. The molecule has 0 atom stereocenters. The number of aryl methyl sites for hydroxylation is 2. The molecule has 0 saturated carbocycles. The van der Waals surface area contributed by atoms with Crippen molar-refractivity contribution >= 4 is 34.1 Å². The second kappa shape index (κ2) is 16.8. The Kier molecular flexibility index (Phi) is 13.7. The van der Waals surface area contributed by atoms with E-state index in [0.717, 1.165) is 68.0 Å². The van der Waals surface area contributed by atoms with Crippen LogP contribution in [-0.2, 0) is 27.3 Å². The van der Waals surface area contributed by atoms with E-state index in [4.69, 9.17) is 14.2 Å². The minimum absolute atomic E-state index is 0.203. The standard InChI is InChI=1S/C19H28N2O4.C17H25BrN2O2/c1-14-6-7-15(12-16(14)17(22)24-5)13-20-8-10-21(11-9-20)18(23)25-19(2,3)4;1-13-5-6-14(11-15(13)18)12-19-7-9-20(10-8-19)16(21)22-17(2,3)4/h6-7,12H,8-11,13H2,1-5H3;5-6,11H,7-10,12H2,1-4H3. The van der Waals surface area contributed by atoms with E-state index < -0.39 is 11.2 Å². The van der Waals surface area contributed by atoms with E-state index in [1.54, 1.807) is 9.80 Å². The zero-order valence-corrected chi connectivity index (χ0v) is 31.2. The molecular weight excluding hydrogens is 664 g/mol. The highest BCUT2D eigenvalue weighted by atomic mass is 79.9. The highest BCUT2D eigenvalue weighted by Gasteiger charge is 2.27. The summed E-state index contributed by atoms with van der Waals surface area (Å²) in [6.45, 7) is 23.0. The lowest BCUT2D eigenvalue weighted by atomic mass is 10.0. The van der Waals surface area contributed by atoms with Crippen LogP contribution in [0.2, 0.25) is 0 Å². The molecule has 4 rings (SSSR count). The van der Waals surface area contributed by atoms with Gasteiger partial charge < -0.3 is 24.0 Å². The minimum Gasteiger partial charge on any atom is -0.465 e. The Morgan fingerprint density at radius 3 is 1.45 bits per heavy atom. The smallest absolute Gasteiger partial charge is 0.410 e. The molecule has 0 N–H and O–H groups in total. The van der Waals surface area contributed by atoms with Gasteiger partial charge in [0.1, 0.15) is 11.2 Å². The zero-order valence-electron chi connectivity index (χ0n) is 29.7. The summed E-state index contributed by atoms with van der Waals surface area (Å²) in [5, 5.41) is 0. The summed E-state index contributed by atoms with van der Waals surface area (Å²) in [6.07, 6.45) is -0.458. The summed E-state index contributed by atoms with van der Waals surface area (Å²) in [4.78, 5) is 44.1. The molecule has 0 bridgehead atoms. The Morgan fingerprint density at radius 1 is 0.660 bits per heavy atom. The number of amides is 2. The normalized spacial score (nSPS) is 16.2. The van der Waals surface area contributed by atoms with Crippen molar-refractivity contribution in [3.63, 3.8) is 0 Å². The summed E-state index contributed by atoms with van der Waals surface area (Å²) in [7, 11) is 1.39. The first kappa shape index (κ1) is 38.3. The van der Waals surface area contributed by atoms with E-state index >= 15 is 0 Å². The number of carbonyl (C=O) groups excluding carboxylic acids is 3. The highest BCUT2D eigenvalue weighted by molar-refractivity contribution is 9.10. The van der Waals surface area contributed by atoms with Crippen molar-refractivity contribution < 1.29 is 28.6 Å². The van der Waals surface area contributed by atoms with Crippen LogP contribution in [0.15, 0.2) is 40.9 Å². The topological polar surface area (TPSA) is 91.9 Å². The fourth-order valence-electron chi connectivity index (χ4n) is 5.18. The molecule has 2 fully saturated rings. The fourth-order valence-corrected chi connectivity index (χ4v) is 5.60. The number of halogens is 1. The van der Waals surface area contributed by atoms with Crippen molar-refractivity contribution in [2.75, 3.05) is 59.5 Å². The van der Waals surface area contributed by atoms with Gasteiger partial charge in [0.25, 0.3) is 0 Å². The van der Waals surface area contributed by atoms with Gasteiger partial charge in [0.2, 0.25) is 0 Å². The first-order valence-corrected chi connectivity index (χ1v) is 17.1. The molecular formula is C36H53BrN4O6. The van der Waals surface area contributed by atoms with Gasteiger partial charge in [-0.25, -0.2) is 14.4 Å². The van der Waals surface area contributed by atoms with Gasteiger partial charge in [0.05, 0.1) is 12.7 Å². The molecule has 0 aromatic heterocycles. The number of benzene rings is 2. The molecule has 0 unspecified atom stereocenters. The number of hydrogen-bond acceptors (Lipinski definition) is 8. The lowest BCUT2D eigenvalue weighted by Gasteiger charge is -2.35. The number of esters is 1. The molecule has 260 valence electrons. The summed E-state index contributed by atoms with van der Waals surface area (Å²) in [5.74, 6) is -0.311. The lowest BCUT2D eigenvalue weighted by Crippen LogP contribution is -2.49. The number of piperazine rings is 2. The second-order valence-corrected chi connectivity index (χ2v) is 15.1. The molecule has 2 aliphatic rings. The number of hydrogen-bond donors (Lipinski definition) is 0. The Bertz CT molecular complexity index is 1370. The Hall–Kier alpha value is -3.15.